The summed E-state index contributed by atoms with van der Waals surface area (Å²) in [6.07, 6.45) is 20.5. The smallest absolute Gasteiger partial charge is 0.0518 e. The van der Waals surface area contributed by atoms with Gasteiger partial charge in [-0.1, -0.05) is 51.5 Å². The number of nitrogens with one attached hydrogen (secondary N) is 1. The Morgan fingerprint density at radius 1 is 1.08 bits per heavy atom. The Morgan fingerprint density at radius 2 is 1.84 bits per heavy atom. The molecular weight excluding hydrogens is 452 g/mol. The summed E-state index contributed by atoms with van der Waals surface area (Å²) in [5, 5.41) is 3.86. The molecule has 1 saturated heterocycles. The van der Waals surface area contributed by atoms with Crippen LogP contribution < -0.4 is 5.32 Å². The quantitative estimate of drug-likeness (QED) is 0.282. The zero-order chi connectivity index (χ0) is 26.6. The molecule has 3 saturated carbocycles. The van der Waals surface area contributed by atoms with E-state index < -0.39 is 0 Å². The largest absolute Gasteiger partial charge is 0.379 e. The minimum absolute atomic E-state index is 0.340. The van der Waals surface area contributed by atoms with Crippen LogP contribution >= 0.6 is 0 Å². The number of rotatable bonds is 11. The van der Waals surface area contributed by atoms with Gasteiger partial charge >= 0.3 is 0 Å². The van der Waals surface area contributed by atoms with E-state index >= 15 is 0 Å². The lowest BCUT2D eigenvalue weighted by molar-refractivity contribution is -0.0408. The van der Waals surface area contributed by atoms with Crippen molar-refractivity contribution in [2.24, 2.45) is 39.5 Å². The molecule has 8 atom stereocenters. The Hall–Kier alpha value is -0.930. The number of aliphatic imine (C=N–C) groups is 1. The number of hydrogen-bond acceptors (Lipinski definition) is 3. The van der Waals surface area contributed by atoms with Gasteiger partial charge in [0.25, 0.3) is 0 Å². The third kappa shape index (κ3) is 6.13. The fourth-order valence-electron chi connectivity index (χ4n) is 9.61. The van der Waals surface area contributed by atoms with Gasteiger partial charge in [-0.15, -0.1) is 0 Å². The molecule has 0 aromatic carbocycles. The van der Waals surface area contributed by atoms with Crippen LogP contribution in [0.15, 0.2) is 29.3 Å². The lowest BCUT2D eigenvalue weighted by atomic mass is 9.47. The molecule has 1 heterocycles. The Labute approximate surface area is 229 Å². The van der Waals surface area contributed by atoms with E-state index in [4.69, 9.17) is 9.73 Å². The number of ether oxygens (including phenoxy) is 1. The van der Waals surface area contributed by atoms with E-state index in [1.807, 2.05) is 6.08 Å². The van der Waals surface area contributed by atoms with Gasteiger partial charge < -0.3 is 10.1 Å². The number of fused-ring (bicyclic) bond motifs is 3. The highest BCUT2D eigenvalue weighted by molar-refractivity contribution is 5.85. The molecule has 0 amide bonds. The van der Waals surface area contributed by atoms with Crippen LogP contribution in [0.25, 0.3) is 0 Å². The predicted molar refractivity (Wildman–Crippen MR) is 159 cm³/mol. The molecule has 3 nitrogen and oxygen atoms in total. The second kappa shape index (κ2) is 12.5. The van der Waals surface area contributed by atoms with Crippen molar-refractivity contribution in [2.45, 2.75) is 137 Å². The van der Waals surface area contributed by atoms with E-state index in [-0.39, 0.29) is 0 Å². The third-order valence-corrected chi connectivity index (χ3v) is 11.4. The fraction of sp³-hybridized carbons (Fsp3) is 0.853. The van der Waals surface area contributed by atoms with Gasteiger partial charge in [-0.3, -0.25) is 4.99 Å². The second-order valence-electron chi connectivity index (χ2n) is 13.8. The first-order valence-electron chi connectivity index (χ1n) is 15.9. The van der Waals surface area contributed by atoms with Crippen molar-refractivity contribution < 1.29 is 4.74 Å². The van der Waals surface area contributed by atoms with Crippen LogP contribution in [0.3, 0.4) is 0 Å². The van der Waals surface area contributed by atoms with E-state index in [9.17, 15) is 0 Å². The molecule has 0 aromatic heterocycles. The highest BCUT2D eigenvalue weighted by atomic mass is 16.5. The maximum atomic E-state index is 5.77. The van der Waals surface area contributed by atoms with Gasteiger partial charge in [0, 0.05) is 36.9 Å². The summed E-state index contributed by atoms with van der Waals surface area (Å²) < 4.78 is 5.77. The summed E-state index contributed by atoms with van der Waals surface area (Å²) >= 11 is 0. The molecule has 0 spiro atoms. The van der Waals surface area contributed by atoms with Gasteiger partial charge in [0.05, 0.1) is 6.10 Å². The van der Waals surface area contributed by atoms with Gasteiger partial charge in [0.2, 0.25) is 0 Å². The first-order valence-corrected chi connectivity index (χ1v) is 15.9. The number of nitrogens with zero attached hydrogens (tertiary/aromatic N) is 1. The van der Waals surface area contributed by atoms with E-state index in [0.29, 0.717) is 34.9 Å². The van der Waals surface area contributed by atoms with Crippen LogP contribution in [0.4, 0.5) is 0 Å². The fourth-order valence-corrected chi connectivity index (χ4v) is 9.61. The van der Waals surface area contributed by atoms with Crippen LogP contribution in [0.2, 0.25) is 0 Å². The van der Waals surface area contributed by atoms with Crippen molar-refractivity contribution in [3.05, 3.63) is 24.3 Å². The van der Waals surface area contributed by atoms with Gasteiger partial charge in [-0.25, -0.2) is 0 Å². The van der Waals surface area contributed by atoms with Crippen molar-refractivity contribution >= 4 is 5.71 Å². The molecule has 3 aliphatic carbocycles. The van der Waals surface area contributed by atoms with Crippen molar-refractivity contribution in [3.63, 3.8) is 0 Å². The zero-order valence-electron chi connectivity index (χ0n) is 25.2. The molecule has 0 aromatic rings. The van der Waals surface area contributed by atoms with Gasteiger partial charge in [-0.05, 0) is 120 Å². The Kier molecular flexibility index (Phi) is 9.82. The molecule has 4 aliphatic rings. The molecule has 0 bridgehead atoms. The maximum absolute atomic E-state index is 5.77. The van der Waals surface area contributed by atoms with Crippen LogP contribution in [0, 0.1) is 34.5 Å². The Bertz CT molecular complexity index is 830. The standard InChI is InChI=1S/C34H58N2O/c1-8-10-26-11-14-29-31-16-15-30(34(31,7)21-17-32(29)33(26,6)20-9-2)25(5)35-22-18-27-12-13-28(36-27)19-23-37-24(3)4/h8,10,24,27-32,36H,1,9,11-23H2,2-7H3/b26-10-,35-25?. The normalized spacial score (nSPS) is 41.3. The van der Waals surface area contributed by atoms with Gasteiger partial charge in [-0.2, -0.15) is 0 Å². The van der Waals surface area contributed by atoms with Crippen LogP contribution in [0.1, 0.15) is 119 Å². The van der Waals surface area contributed by atoms with Crippen LogP contribution in [-0.2, 0) is 4.74 Å². The molecule has 1 N–H and O–H groups in total. The van der Waals surface area contributed by atoms with Gasteiger partial charge in [0.15, 0.2) is 0 Å². The van der Waals surface area contributed by atoms with Crippen LogP contribution in [-0.4, -0.2) is 37.1 Å². The van der Waals surface area contributed by atoms with Crippen molar-refractivity contribution in [3.8, 4) is 0 Å². The van der Waals surface area contributed by atoms with Gasteiger partial charge in [0.1, 0.15) is 0 Å². The van der Waals surface area contributed by atoms with Crippen molar-refractivity contribution in [1.29, 1.82) is 0 Å². The number of hydrogen-bond donors (Lipinski definition) is 1. The van der Waals surface area contributed by atoms with Crippen molar-refractivity contribution in [1.82, 2.24) is 5.32 Å². The first-order chi connectivity index (χ1) is 17.7. The molecule has 4 fully saturated rings. The highest BCUT2D eigenvalue weighted by Gasteiger charge is 2.58. The molecule has 1 aliphatic heterocycles. The first kappa shape index (κ1) is 29.1. The summed E-state index contributed by atoms with van der Waals surface area (Å²) in [4.78, 5) is 5.25. The van der Waals surface area contributed by atoms with E-state index in [1.54, 1.807) is 5.57 Å². The third-order valence-electron chi connectivity index (χ3n) is 11.4. The zero-order valence-corrected chi connectivity index (χ0v) is 25.2. The lowest BCUT2D eigenvalue weighted by Crippen LogP contribution is -2.50. The Balaban J connectivity index is 1.34. The summed E-state index contributed by atoms with van der Waals surface area (Å²) in [5.74, 6) is 3.33. The molecule has 8 unspecified atom stereocenters. The molecule has 0 radical (unpaired) electrons. The average molecular weight is 511 g/mol. The monoisotopic (exact) mass is 510 g/mol. The summed E-state index contributed by atoms with van der Waals surface area (Å²) in [7, 11) is 0. The predicted octanol–water partition coefficient (Wildman–Crippen LogP) is 8.54. The van der Waals surface area contributed by atoms with Crippen LogP contribution in [0.5, 0.6) is 0 Å². The topological polar surface area (TPSA) is 33.6 Å². The van der Waals surface area contributed by atoms with E-state index in [2.05, 4.69) is 59.5 Å². The summed E-state index contributed by atoms with van der Waals surface area (Å²) in [5.41, 5.74) is 3.98. The lowest BCUT2D eigenvalue weighted by Gasteiger charge is -2.57. The van der Waals surface area contributed by atoms with E-state index in [0.717, 1.165) is 37.3 Å². The molecule has 3 heteroatoms. The number of allylic oxidation sites excluding steroid dienone is 3. The SMILES string of the molecule is C=C/C=C1/CCC2C(CCC3(C)C(C(C)=NCCC4CCC(CCOC(C)C)N4)CCC23)C1(C)CCC. The van der Waals surface area contributed by atoms with Crippen molar-refractivity contribution in [2.75, 3.05) is 13.2 Å². The maximum Gasteiger partial charge on any atom is 0.0518 e. The molecular formula is C34H58N2O. The summed E-state index contributed by atoms with van der Waals surface area (Å²) in [6, 6.07) is 1.27. The molecule has 210 valence electrons. The molecule has 4 rings (SSSR count). The highest BCUT2D eigenvalue weighted by Crippen LogP contribution is 2.66. The second-order valence-corrected chi connectivity index (χ2v) is 13.8. The average Bonchev–Trinajstić information content (AvgIpc) is 3.44. The van der Waals surface area contributed by atoms with E-state index in [1.165, 1.54) is 76.3 Å². The minimum atomic E-state index is 0.340. The molecule has 37 heavy (non-hydrogen) atoms. The summed E-state index contributed by atoms with van der Waals surface area (Å²) in [6.45, 7) is 20.2. The Morgan fingerprint density at radius 3 is 2.54 bits per heavy atom. The minimum Gasteiger partial charge on any atom is -0.379 e.